The lowest BCUT2D eigenvalue weighted by Gasteiger charge is -2.07. The molecule has 0 atom stereocenters. The molecule has 0 unspecified atom stereocenters. The van der Waals surface area contributed by atoms with Crippen LogP contribution in [0.3, 0.4) is 0 Å². The highest BCUT2D eigenvalue weighted by Crippen LogP contribution is 2.22. The maximum atomic E-state index is 13.4. The molecule has 2 rings (SSSR count). The summed E-state index contributed by atoms with van der Waals surface area (Å²) in [7, 11) is 0. The van der Waals surface area contributed by atoms with Crippen molar-refractivity contribution < 1.29 is 23.4 Å². The highest BCUT2D eigenvalue weighted by atomic mass is 19.2. The fraction of sp³-hybridized carbons (Fsp3) is 0. The largest absolute Gasteiger partial charge is 0.475 e. The second-order valence-electron chi connectivity index (χ2n) is 3.88. The fourth-order valence-electron chi connectivity index (χ4n) is 1.52. The molecule has 2 aromatic rings. The predicted molar refractivity (Wildman–Crippen MR) is 69.0 cm³/mol. The quantitative estimate of drug-likeness (QED) is 0.687. The Morgan fingerprint density at radius 2 is 1.75 bits per heavy atom. The Kier molecular flexibility index (Phi) is 4.10. The van der Waals surface area contributed by atoms with Crippen LogP contribution in [-0.2, 0) is 4.79 Å². The van der Waals surface area contributed by atoms with E-state index < -0.39 is 29.1 Å². The Balaban J connectivity index is 2.34. The van der Waals surface area contributed by atoms with Gasteiger partial charge in [-0.1, -0.05) is 36.4 Å². The van der Waals surface area contributed by atoms with E-state index in [9.17, 15) is 13.6 Å². The Hall–Kier alpha value is -2.69. The standard InChI is InChI=1S/C15H10F2O3/c16-11-7-4-8-12(14(11)17)20-13(15(18)19)9-10-5-2-1-3-6-10/h1-9H,(H,18,19)/b13-9+. The minimum Gasteiger partial charge on any atom is -0.475 e. The summed E-state index contributed by atoms with van der Waals surface area (Å²) in [5.74, 6) is -4.69. The van der Waals surface area contributed by atoms with E-state index in [0.717, 1.165) is 12.1 Å². The number of ether oxygens (including phenoxy) is 1. The number of hydrogen-bond donors (Lipinski definition) is 1. The van der Waals surface area contributed by atoms with Crippen LogP contribution in [-0.4, -0.2) is 11.1 Å². The molecule has 0 heterocycles. The monoisotopic (exact) mass is 276 g/mol. The first-order valence-corrected chi connectivity index (χ1v) is 5.70. The molecule has 0 radical (unpaired) electrons. The molecule has 0 amide bonds. The number of halogens is 2. The summed E-state index contributed by atoms with van der Waals surface area (Å²) in [5, 5.41) is 9.05. The molecule has 0 aromatic heterocycles. The average Bonchev–Trinajstić information content (AvgIpc) is 2.44. The first-order chi connectivity index (χ1) is 9.58. The first-order valence-electron chi connectivity index (χ1n) is 5.70. The smallest absolute Gasteiger partial charge is 0.371 e. The Bertz CT molecular complexity index is 651. The van der Waals surface area contributed by atoms with E-state index >= 15 is 0 Å². The van der Waals surface area contributed by atoms with Crippen LogP contribution in [0.15, 0.2) is 54.3 Å². The lowest BCUT2D eigenvalue weighted by molar-refractivity contribution is -0.134. The van der Waals surface area contributed by atoms with E-state index in [1.165, 1.54) is 12.1 Å². The van der Waals surface area contributed by atoms with Gasteiger partial charge in [0.05, 0.1) is 0 Å². The highest BCUT2D eigenvalue weighted by molar-refractivity contribution is 5.90. The van der Waals surface area contributed by atoms with Crippen molar-refractivity contribution in [3.8, 4) is 5.75 Å². The molecule has 0 bridgehead atoms. The summed E-state index contributed by atoms with van der Waals surface area (Å²) in [6.45, 7) is 0. The summed E-state index contributed by atoms with van der Waals surface area (Å²) in [6, 6.07) is 11.8. The lowest BCUT2D eigenvalue weighted by Crippen LogP contribution is -2.08. The van der Waals surface area contributed by atoms with Crippen LogP contribution in [0, 0.1) is 11.6 Å². The number of hydrogen-bond acceptors (Lipinski definition) is 2. The number of benzene rings is 2. The van der Waals surface area contributed by atoms with Gasteiger partial charge in [-0.25, -0.2) is 9.18 Å². The predicted octanol–water partition coefficient (Wildman–Crippen LogP) is 3.47. The van der Waals surface area contributed by atoms with Gasteiger partial charge in [0.1, 0.15) is 0 Å². The summed E-state index contributed by atoms with van der Waals surface area (Å²) < 4.78 is 31.4. The number of aliphatic carboxylic acids is 1. The van der Waals surface area contributed by atoms with Crippen molar-refractivity contribution >= 4 is 12.0 Å². The summed E-state index contributed by atoms with van der Waals surface area (Å²) >= 11 is 0. The van der Waals surface area contributed by atoms with E-state index in [0.29, 0.717) is 5.56 Å². The average molecular weight is 276 g/mol. The van der Waals surface area contributed by atoms with Gasteiger partial charge in [-0.3, -0.25) is 0 Å². The van der Waals surface area contributed by atoms with Crippen LogP contribution in [0.2, 0.25) is 0 Å². The molecule has 1 N–H and O–H groups in total. The van der Waals surface area contributed by atoms with Gasteiger partial charge in [0.15, 0.2) is 11.6 Å². The highest BCUT2D eigenvalue weighted by Gasteiger charge is 2.15. The van der Waals surface area contributed by atoms with Gasteiger partial charge in [0.2, 0.25) is 11.6 Å². The zero-order valence-corrected chi connectivity index (χ0v) is 10.2. The molecule has 102 valence electrons. The number of carbonyl (C=O) groups is 1. The zero-order valence-electron chi connectivity index (χ0n) is 10.2. The van der Waals surface area contributed by atoms with Crippen LogP contribution < -0.4 is 4.74 Å². The normalized spacial score (nSPS) is 11.2. The maximum Gasteiger partial charge on any atom is 0.371 e. The third-order valence-corrected chi connectivity index (χ3v) is 2.44. The minimum atomic E-state index is -1.38. The molecule has 5 heteroatoms. The topological polar surface area (TPSA) is 46.5 Å². The maximum absolute atomic E-state index is 13.4. The van der Waals surface area contributed by atoms with E-state index in [-0.39, 0.29) is 0 Å². The van der Waals surface area contributed by atoms with Crippen molar-refractivity contribution in [1.29, 1.82) is 0 Å². The SMILES string of the molecule is O=C(O)/C(=C\c1ccccc1)Oc1cccc(F)c1F. The minimum absolute atomic E-state index is 0.477. The van der Waals surface area contributed by atoms with E-state index in [4.69, 9.17) is 9.84 Å². The molecular weight excluding hydrogens is 266 g/mol. The number of carboxylic acid groups (broad SMARTS) is 1. The van der Waals surface area contributed by atoms with Gasteiger partial charge in [-0.2, -0.15) is 4.39 Å². The Morgan fingerprint density at radius 3 is 2.40 bits per heavy atom. The summed E-state index contributed by atoms with van der Waals surface area (Å²) in [5.41, 5.74) is 0.571. The van der Waals surface area contributed by atoms with Gasteiger partial charge in [0.25, 0.3) is 0 Å². The van der Waals surface area contributed by atoms with Crippen molar-refractivity contribution in [1.82, 2.24) is 0 Å². The molecule has 2 aromatic carbocycles. The molecule has 0 aliphatic heterocycles. The van der Waals surface area contributed by atoms with Gasteiger partial charge in [-0.05, 0) is 23.8 Å². The van der Waals surface area contributed by atoms with Crippen LogP contribution in [0.25, 0.3) is 6.08 Å². The third kappa shape index (κ3) is 3.20. The van der Waals surface area contributed by atoms with Crippen molar-refractivity contribution in [2.75, 3.05) is 0 Å². The molecule has 0 aliphatic rings. The van der Waals surface area contributed by atoms with E-state index in [1.807, 2.05) is 0 Å². The second-order valence-corrected chi connectivity index (χ2v) is 3.88. The number of carboxylic acids is 1. The summed E-state index contributed by atoms with van der Waals surface area (Å²) in [6.07, 6.45) is 1.23. The summed E-state index contributed by atoms with van der Waals surface area (Å²) in [4.78, 5) is 11.1. The van der Waals surface area contributed by atoms with E-state index in [2.05, 4.69) is 0 Å². The van der Waals surface area contributed by atoms with Gasteiger partial charge < -0.3 is 9.84 Å². The lowest BCUT2D eigenvalue weighted by atomic mass is 10.2. The van der Waals surface area contributed by atoms with Gasteiger partial charge in [-0.15, -0.1) is 0 Å². The molecule has 0 saturated carbocycles. The fourth-order valence-corrected chi connectivity index (χ4v) is 1.52. The zero-order chi connectivity index (χ0) is 14.5. The van der Waals surface area contributed by atoms with Crippen molar-refractivity contribution in [2.24, 2.45) is 0 Å². The molecule has 0 saturated heterocycles. The molecule has 0 aliphatic carbocycles. The van der Waals surface area contributed by atoms with Gasteiger partial charge >= 0.3 is 5.97 Å². The molecule has 20 heavy (non-hydrogen) atoms. The third-order valence-electron chi connectivity index (χ3n) is 2.44. The Labute approximate surface area is 113 Å². The van der Waals surface area contributed by atoms with Crippen molar-refractivity contribution in [2.45, 2.75) is 0 Å². The molecule has 0 spiro atoms. The first kappa shape index (κ1) is 13.7. The van der Waals surface area contributed by atoms with Crippen LogP contribution in [0.4, 0.5) is 8.78 Å². The molecule has 0 fully saturated rings. The molecular formula is C15H10F2O3. The molecule has 3 nitrogen and oxygen atoms in total. The number of rotatable bonds is 4. The van der Waals surface area contributed by atoms with Crippen LogP contribution in [0.5, 0.6) is 5.75 Å². The van der Waals surface area contributed by atoms with Gasteiger partial charge in [0, 0.05) is 0 Å². The van der Waals surface area contributed by atoms with Crippen LogP contribution >= 0.6 is 0 Å². The Morgan fingerprint density at radius 1 is 1.05 bits per heavy atom. The second kappa shape index (κ2) is 5.97. The van der Waals surface area contributed by atoms with Crippen LogP contribution in [0.1, 0.15) is 5.56 Å². The van der Waals surface area contributed by atoms with Crippen molar-refractivity contribution in [3.05, 3.63) is 71.5 Å². The van der Waals surface area contributed by atoms with Crippen molar-refractivity contribution in [3.63, 3.8) is 0 Å². The van der Waals surface area contributed by atoms with E-state index in [1.54, 1.807) is 30.3 Å².